The summed E-state index contributed by atoms with van der Waals surface area (Å²) in [6.45, 7) is 2.71. The van der Waals surface area contributed by atoms with Gasteiger partial charge in [-0.25, -0.2) is 0 Å². The number of rotatable bonds is 23. The molecule has 0 aliphatic heterocycles. The lowest BCUT2D eigenvalue weighted by Crippen LogP contribution is -2.37. The Morgan fingerprint density at radius 2 is 0.952 bits per heavy atom. The van der Waals surface area contributed by atoms with Crippen LogP contribution in [0.25, 0.3) is 0 Å². The minimum Gasteiger partial charge on any atom is -0.388 e. The first-order chi connectivity index (χ1) is 20.7. The third-order valence-electron chi connectivity index (χ3n) is 8.04. The van der Waals surface area contributed by atoms with Crippen molar-refractivity contribution >= 4 is 22.6 Å². The van der Waals surface area contributed by atoms with Crippen LogP contribution in [0, 0.1) is 0 Å². The summed E-state index contributed by atoms with van der Waals surface area (Å²) in [5.41, 5.74) is 2.27. The molecule has 0 aromatic heterocycles. The molecule has 1 N–H and O–H groups in total. The summed E-state index contributed by atoms with van der Waals surface area (Å²) < 4.78 is 12.9. The van der Waals surface area contributed by atoms with Gasteiger partial charge in [0.05, 0.1) is 13.2 Å². The normalized spacial score (nSPS) is 13.2. The quantitative estimate of drug-likeness (QED) is 0.0468. The van der Waals surface area contributed by atoms with Gasteiger partial charge in [-0.2, -0.15) is 0 Å². The Labute approximate surface area is 269 Å². The molecule has 0 spiro atoms. The van der Waals surface area contributed by atoms with E-state index in [1.165, 1.54) is 83.5 Å². The van der Waals surface area contributed by atoms with Crippen LogP contribution in [0.4, 0.5) is 0 Å². The first-order valence-electron chi connectivity index (χ1n) is 16.4. The minimum atomic E-state index is -0.830. The van der Waals surface area contributed by atoms with Crippen LogP contribution in [0.1, 0.15) is 114 Å². The van der Waals surface area contributed by atoms with E-state index in [0.717, 1.165) is 23.1 Å². The SMILES string of the molecule is CCCCCCCCCCCCCCCC(I)OCC(O)COC(c1ccccc1)(c1ccccc1)c1ccccc1. The van der Waals surface area contributed by atoms with E-state index >= 15 is 0 Å². The van der Waals surface area contributed by atoms with Crippen LogP contribution in [0.15, 0.2) is 91.0 Å². The number of unbranched alkanes of at least 4 members (excludes halogenated alkanes) is 12. The van der Waals surface area contributed by atoms with Gasteiger partial charge in [-0.15, -0.1) is 0 Å². The number of aliphatic hydroxyl groups excluding tert-OH is 1. The van der Waals surface area contributed by atoms with Crippen molar-refractivity contribution in [1.82, 2.24) is 0 Å². The molecule has 0 saturated heterocycles. The lowest BCUT2D eigenvalue weighted by Gasteiger charge is -2.36. The van der Waals surface area contributed by atoms with E-state index in [2.05, 4.69) is 65.9 Å². The van der Waals surface area contributed by atoms with Crippen LogP contribution in [0.5, 0.6) is 0 Å². The van der Waals surface area contributed by atoms with Gasteiger partial charge in [-0.3, -0.25) is 0 Å². The summed E-state index contributed by atoms with van der Waals surface area (Å²) in [6, 6.07) is 30.9. The van der Waals surface area contributed by atoms with E-state index in [-0.39, 0.29) is 17.3 Å². The fraction of sp³-hybridized carbons (Fsp3) is 0.526. The lowest BCUT2D eigenvalue weighted by molar-refractivity contribution is -0.0659. The molecule has 4 heteroatoms. The maximum absolute atomic E-state index is 10.9. The maximum Gasteiger partial charge on any atom is 0.143 e. The molecule has 2 unspecified atom stereocenters. The summed E-state index contributed by atoms with van der Waals surface area (Å²) in [7, 11) is 0. The highest BCUT2D eigenvalue weighted by Crippen LogP contribution is 2.40. The van der Waals surface area contributed by atoms with Crippen molar-refractivity contribution in [3.63, 3.8) is 0 Å². The molecule has 0 saturated carbocycles. The third kappa shape index (κ3) is 12.1. The molecule has 0 fully saturated rings. The summed E-state index contributed by atoms with van der Waals surface area (Å²) in [6.07, 6.45) is 18.0. The topological polar surface area (TPSA) is 38.7 Å². The second-order valence-electron chi connectivity index (χ2n) is 11.5. The Balaban J connectivity index is 1.40. The zero-order valence-corrected chi connectivity index (χ0v) is 27.9. The first kappa shape index (κ1) is 34.8. The minimum absolute atomic E-state index is 0.104. The summed E-state index contributed by atoms with van der Waals surface area (Å²) >= 11 is 2.37. The van der Waals surface area contributed by atoms with Crippen LogP contribution in [0.2, 0.25) is 0 Å². The van der Waals surface area contributed by atoms with E-state index in [1.54, 1.807) is 0 Å². The monoisotopic (exact) mass is 684 g/mol. The van der Waals surface area contributed by atoms with E-state index < -0.39 is 11.7 Å². The van der Waals surface area contributed by atoms with Crippen LogP contribution < -0.4 is 0 Å². The average Bonchev–Trinajstić information content (AvgIpc) is 3.04. The van der Waals surface area contributed by atoms with Crippen molar-refractivity contribution in [2.45, 2.75) is 113 Å². The lowest BCUT2D eigenvalue weighted by atomic mass is 9.80. The summed E-state index contributed by atoms with van der Waals surface area (Å²) in [5, 5.41) is 10.9. The Hall–Kier alpha value is -1.73. The number of hydrogen-bond acceptors (Lipinski definition) is 3. The van der Waals surface area contributed by atoms with Crippen molar-refractivity contribution in [3.8, 4) is 0 Å². The van der Waals surface area contributed by atoms with Crippen LogP contribution in [0.3, 0.4) is 0 Å². The molecule has 3 rings (SSSR count). The highest BCUT2D eigenvalue weighted by molar-refractivity contribution is 14.1. The zero-order chi connectivity index (χ0) is 29.7. The summed E-state index contributed by atoms with van der Waals surface area (Å²) in [4.78, 5) is 0. The Kier molecular flexibility index (Phi) is 17.4. The van der Waals surface area contributed by atoms with Gasteiger partial charge in [-0.1, -0.05) is 204 Å². The van der Waals surface area contributed by atoms with Crippen LogP contribution in [-0.2, 0) is 15.1 Å². The van der Waals surface area contributed by atoms with E-state index in [4.69, 9.17) is 9.47 Å². The van der Waals surface area contributed by atoms with Gasteiger partial charge in [-0.05, 0) is 23.1 Å². The zero-order valence-electron chi connectivity index (χ0n) is 25.8. The highest BCUT2D eigenvalue weighted by Gasteiger charge is 2.38. The average molecular weight is 685 g/mol. The predicted octanol–water partition coefficient (Wildman–Crippen LogP) is 10.6. The molecule has 0 aliphatic rings. The Morgan fingerprint density at radius 1 is 0.571 bits per heavy atom. The molecule has 42 heavy (non-hydrogen) atoms. The molecule has 3 aromatic rings. The van der Waals surface area contributed by atoms with E-state index in [9.17, 15) is 5.11 Å². The van der Waals surface area contributed by atoms with Crippen LogP contribution in [-0.4, -0.2) is 28.5 Å². The molecule has 2 atom stereocenters. The van der Waals surface area contributed by atoms with Gasteiger partial charge in [0.15, 0.2) is 0 Å². The molecule has 230 valence electrons. The Bertz CT molecular complexity index is 947. The molecule has 3 nitrogen and oxygen atoms in total. The molecular formula is C38H53IO3. The fourth-order valence-electron chi connectivity index (χ4n) is 5.66. The molecule has 0 amide bonds. The molecule has 0 radical (unpaired) electrons. The molecule has 0 heterocycles. The van der Waals surface area contributed by atoms with Gasteiger partial charge in [0, 0.05) is 0 Å². The van der Waals surface area contributed by atoms with Gasteiger partial charge >= 0.3 is 0 Å². The van der Waals surface area contributed by atoms with Gasteiger partial charge < -0.3 is 14.6 Å². The van der Waals surface area contributed by atoms with Gasteiger partial charge in [0.1, 0.15) is 15.8 Å². The third-order valence-corrected chi connectivity index (χ3v) is 9.02. The number of hydrogen-bond donors (Lipinski definition) is 1. The van der Waals surface area contributed by atoms with E-state index in [0.29, 0.717) is 0 Å². The summed E-state index contributed by atoms with van der Waals surface area (Å²) in [5.74, 6) is 0. The molecule has 0 bridgehead atoms. The van der Waals surface area contributed by atoms with Crippen molar-refractivity contribution in [2.24, 2.45) is 0 Å². The van der Waals surface area contributed by atoms with Crippen molar-refractivity contribution in [1.29, 1.82) is 0 Å². The fourth-order valence-corrected chi connectivity index (χ4v) is 6.31. The number of alkyl halides is 1. The number of ether oxygens (including phenoxy) is 2. The second kappa shape index (κ2) is 21.1. The second-order valence-corrected chi connectivity index (χ2v) is 12.9. The highest BCUT2D eigenvalue weighted by atomic mass is 127. The Morgan fingerprint density at radius 3 is 1.36 bits per heavy atom. The van der Waals surface area contributed by atoms with Crippen molar-refractivity contribution in [3.05, 3.63) is 108 Å². The van der Waals surface area contributed by atoms with Gasteiger partial charge in [0.2, 0.25) is 0 Å². The van der Waals surface area contributed by atoms with Crippen molar-refractivity contribution < 1.29 is 14.6 Å². The maximum atomic E-state index is 10.9. The first-order valence-corrected chi connectivity index (χ1v) is 17.7. The number of halogens is 1. The number of aliphatic hydroxyl groups is 1. The number of benzene rings is 3. The van der Waals surface area contributed by atoms with Crippen molar-refractivity contribution in [2.75, 3.05) is 13.2 Å². The molecule has 0 aliphatic carbocycles. The van der Waals surface area contributed by atoms with Gasteiger partial charge in [0.25, 0.3) is 0 Å². The standard InChI is InChI=1S/C38H53IO3/c1-2-3-4-5-6-7-8-9-10-11-12-13-23-30-37(39)41-31-36(40)32-42-38(33-24-17-14-18-25-33,34-26-19-15-20-27-34)35-28-21-16-22-29-35/h14-22,24-29,36-37,40H,2-13,23,30-32H2,1H3. The largest absolute Gasteiger partial charge is 0.388 e. The molecular weight excluding hydrogens is 631 g/mol. The van der Waals surface area contributed by atoms with Crippen LogP contribution >= 0.6 is 22.6 Å². The van der Waals surface area contributed by atoms with E-state index in [1.807, 2.05) is 54.6 Å². The molecule has 3 aromatic carbocycles. The predicted molar refractivity (Wildman–Crippen MR) is 185 cm³/mol. The smallest absolute Gasteiger partial charge is 0.143 e.